The van der Waals surface area contributed by atoms with Crippen molar-refractivity contribution in [1.29, 1.82) is 0 Å². The zero-order chi connectivity index (χ0) is 15.3. The van der Waals surface area contributed by atoms with Crippen molar-refractivity contribution in [2.45, 2.75) is 4.90 Å². The molecule has 0 heterocycles. The van der Waals surface area contributed by atoms with Gasteiger partial charge >= 0.3 is 6.03 Å². The molecule has 0 fully saturated rings. The van der Waals surface area contributed by atoms with Crippen molar-refractivity contribution in [1.82, 2.24) is 10.6 Å². The Hall–Kier alpha value is -2.29. The van der Waals surface area contributed by atoms with E-state index in [0.717, 1.165) is 6.26 Å². The maximum absolute atomic E-state index is 11.8. The van der Waals surface area contributed by atoms with Gasteiger partial charge in [0.15, 0.2) is 9.84 Å². The van der Waals surface area contributed by atoms with Crippen LogP contribution in [0.5, 0.6) is 0 Å². The van der Waals surface area contributed by atoms with Gasteiger partial charge in [-0.25, -0.2) is 13.2 Å². The van der Waals surface area contributed by atoms with Crippen LogP contribution in [-0.2, 0) is 9.84 Å². The second-order valence-electron chi connectivity index (χ2n) is 4.11. The quantitative estimate of drug-likeness (QED) is 0.410. The summed E-state index contributed by atoms with van der Waals surface area (Å²) in [6.07, 6.45) is 1.03. The van der Waals surface area contributed by atoms with E-state index in [4.69, 9.17) is 11.5 Å². The second-order valence-corrected chi connectivity index (χ2v) is 6.13. The van der Waals surface area contributed by atoms with Crippen molar-refractivity contribution >= 4 is 27.5 Å². The van der Waals surface area contributed by atoms with Crippen molar-refractivity contribution in [2.75, 3.05) is 25.1 Å². The van der Waals surface area contributed by atoms with E-state index in [1.54, 1.807) is 0 Å². The van der Waals surface area contributed by atoms with Crippen LogP contribution in [0, 0.1) is 0 Å². The van der Waals surface area contributed by atoms with Gasteiger partial charge in [-0.1, -0.05) is 0 Å². The molecule has 9 heteroatoms. The number of carbonyl (C=O) groups excluding carboxylic acids is 2. The van der Waals surface area contributed by atoms with Gasteiger partial charge in [0.25, 0.3) is 5.91 Å². The lowest BCUT2D eigenvalue weighted by Gasteiger charge is -2.08. The first-order chi connectivity index (χ1) is 9.20. The van der Waals surface area contributed by atoms with Gasteiger partial charge < -0.3 is 22.1 Å². The minimum Gasteiger partial charge on any atom is -0.399 e. The number of hydrogen-bond donors (Lipinski definition) is 4. The zero-order valence-electron chi connectivity index (χ0n) is 10.8. The Morgan fingerprint density at radius 2 is 1.75 bits per heavy atom. The largest absolute Gasteiger partial charge is 0.399 e. The number of nitrogens with one attached hydrogen (secondary N) is 2. The van der Waals surface area contributed by atoms with Gasteiger partial charge in [-0.15, -0.1) is 0 Å². The number of benzene rings is 1. The zero-order valence-corrected chi connectivity index (χ0v) is 11.7. The molecule has 1 aromatic carbocycles. The normalized spacial score (nSPS) is 10.8. The molecule has 0 aliphatic rings. The molecule has 0 spiro atoms. The molecule has 1 rings (SSSR count). The first-order valence-corrected chi connectivity index (χ1v) is 7.51. The number of urea groups is 1. The van der Waals surface area contributed by atoms with E-state index >= 15 is 0 Å². The van der Waals surface area contributed by atoms with Gasteiger partial charge in [-0.2, -0.15) is 0 Å². The van der Waals surface area contributed by atoms with Crippen molar-refractivity contribution in [2.24, 2.45) is 5.73 Å². The number of carbonyl (C=O) groups is 2. The van der Waals surface area contributed by atoms with Crippen LogP contribution in [0.1, 0.15) is 10.4 Å². The fourth-order valence-corrected chi connectivity index (χ4v) is 2.12. The van der Waals surface area contributed by atoms with E-state index in [1.165, 1.54) is 18.2 Å². The van der Waals surface area contributed by atoms with E-state index in [-0.39, 0.29) is 29.2 Å². The Bertz CT molecular complexity index is 627. The average Bonchev–Trinajstić information content (AvgIpc) is 2.32. The molecular formula is C11H16N4O4S. The molecule has 0 aliphatic carbocycles. The Morgan fingerprint density at radius 1 is 1.15 bits per heavy atom. The SMILES string of the molecule is CS(=O)(=O)c1cc(N)cc(C(=O)NCCNC(N)=O)c1. The van der Waals surface area contributed by atoms with Gasteiger partial charge in [0, 0.05) is 30.6 Å². The third-order valence-electron chi connectivity index (χ3n) is 2.33. The maximum atomic E-state index is 11.8. The maximum Gasteiger partial charge on any atom is 0.312 e. The molecule has 0 saturated carbocycles. The van der Waals surface area contributed by atoms with E-state index in [0.29, 0.717) is 0 Å². The van der Waals surface area contributed by atoms with Crippen molar-refractivity contribution < 1.29 is 18.0 Å². The smallest absolute Gasteiger partial charge is 0.312 e. The highest BCUT2D eigenvalue weighted by Crippen LogP contribution is 2.16. The number of hydrogen-bond acceptors (Lipinski definition) is 5. The van der Waals surface area contributed by atoms with E-state index in [2.05, 4.69) is 10.6 Å². The highest BCUT2D eigenvalue weighted by Gasteiger charge is 2.13. The number of nitrogens with two attached hydrogens (primary N) is 2. The molecule has 6 N–H and O–H groups in total. The van der Waals surface area contributed by atoms with Gasteiger partial charge in [0.2, 0.25) is 0 Å². The molecule has 8 nitrogen and oxygen atoms in total. The van der Waals surface area contributed by atoms with Crippen LogP contribution in [0.2, 0.25) is 0 Å². The molecule has 0 radical (unpaired) electrons. The van der Waals surface area contributed by atoms with Crippen LogP contribution in [0.4, 0.5) is 10.5 Å². The van der Waals surface area contributed by atoms with Crippen molar-refractivity contribution in [3.63, 3.8) is 0 Å². The van der Waals surface area contributed by atoms with Crippen molar-refractivity contribution in [3.8, 4) is 0 Å². The topological polar surface area (TPSA) is 144 Å². The van der Waals surface area contributed by atoms with Crippen molar-refractivity contribution in [3.05, 3.63) is 23.8 Å². The molecule has 110 valence electrons. The van der Waals surface area contributed by atoms with Crippen LogP contribution in [0.25, 0.3) is 0 Å². The lowest BCUT2D eigenvalue weighted by atomic mass is 10.2. The molecule has 0 unspecified atom stereocenters. The minimum atomic E-state index is -3.45. The molecule has 0 aliphatic heterocycles. The van der Waals surface area contributed by atoms with E-state index in [9.17, 15) is 18.0 Å². The highest BCUT2D eigenvalue weighted by molar-refractivity contribution is 7.90. The van der Waals surface area contributed by atoms with Crippen LogP contribution >= 0.6 is 0 Å². The fourth-order valence-electron chi connectivity index (χ4n) is 1.43. The van der Waals surface area contributed by atoms with Gasteiger partial charge in [0.05, 0.1) is 4.90 Å². The molecule has 20 heavy (non-hydrogen) atoms. The summed E-state index contributed by atoms with van der Waals surface area (Å²) in [5.41, 5.74) is 10.7. The second kappa shape index (κ2) is 6.24. The first-order valence-electron chi connectivity index (χ1n) is 5.62. The van der Waals surface area contributed by atoms with Crippen LogP contribution < -0.4 is 22.1 Å². The number of rotatable bonds is 5. The third kappa shape index (κ3) is 4.76. The Labute approximate surface area is 116 Å². The summed E-state index contributed by atoms with van der Waals surface area (Å²) < 4.78 is 22.9. The number of amides is 3. The van der Waals surface area contributed by atoms with Gasteiger partial charge in [-0.05, 0) is 18.2 Å². The summed E-state index contributed by atoms with van der Waals surface area (Å²) in [4.78, 5) is 22.2. The first kappa shape index (κ1) is 15.8. The predicted molar refractivity (Wildman–Crippen MR) is 73.9 cm³/mol. The number of sulfone groups is 1. The Morgan fingerprint density at radius 3 is 2.30 bits per heavy atom. The molecule has 0 aromatic heterocycles. The fraction of sp³-hybridized carbons (Fsp3) is 0.273. The Kier molecular flexibility index (Phi) is 4.92. The molecule has 0 atom stereocenters. The minimum absolute atomic E-state index is 0.0297. The summed E-state index contributed by atoms with van der Waals surface area (Å²) in [5, 5.41) is 4.80. The lowest BCUT2D eigenvalue weighted by Crippen LogP contribution is -2.37. The summed E-state index contributed by atoms with van der Waals surface area (Å²) in [6.45, 7) is 0.326. The number of primary amides is 1. The monoisotopic (exact) mass is 300 g/mol. The average molecular weight is 300 g/mol. The summed E-state index contributed by atoms with van der Waals surface area (Å²) in [6, 6.07) is 3.19. The predicted octanol–water partition coefficient (Wildman–Crippen LogP) is -0.930. The Balaban J connectivity index is 2.78. The number of anilines is 1. The summed E-state index contributed by atoms with van der Waals surface area (Å²) in [5.74, 6) is -0.492. The van der Waals surface area contributed by atoms with Crippen LogP contribution in [0.3, 0.4) is 0 Å². The lowest BCUT2D eigenvalue weighted by molar-refractivity contribution is 0.0953. The summed E-state index contributed by atoms with van der Waals surface area (Å²) in [7, 11) is -3.45. The third-order valence-corrected chi connectivity index (χ3v) is 3.42. The van der Waals surface area contributed by atoms with Gasteiger partial charge in [0.1, 0.15) is 0 Å². The molecular weight excluding hydrogens is 284 g/mol. The molecule has 3 amide bonds. The molecule has 0 saturated heterocycles. The van der Waals surface area contributed by atoms with Crippen LogP contribution in [0.15, 0.2) is 23.1 Å². The van der Waals surface area contributed by atoms with E-state index < -0.39 is 21.8 Å². The van der Waals surface area contributed by atoms with E-state index in [1.807, 2.05) is 0 Å². The number of nitrogen functional groups attached to an aromatic ring is 1. The van der Waals surface area contributed by atoms with Crippen LogP contribution in [-0.4, -0.2) is 39.7 Å². The highest BCUT2D eigenvalue weighted by atomic mass is 32.2. The summed E-state index contributed by atoms with van der Waals surface area (Å²) >= 11 is 0. The molecule has 0 bridgehead atoms. The molecule has 1 aromatic rings. The standard InChI is InChI=1S/C11H16N4O4S/c1-20(18,19)9-5-7(4-8(12)6-9)10(16)14-2-3-15-11(13)17/h4-6H,2-3,12H2,1H3,(H,14,16)(H3,13,15,17). The van der Waals surface area contributed by atoms with Gasteiger partial charge in [-0.3, -0.25) is 4.79 Å².